The minimum atomic E-state index is -0.126. The minimum absolute atomic E-state index is 0.0108. The summed E-state index contributed by atoms with van der Waals surface area (Å²) in [5.41, 5.74) is 2.44. The highest BCUT2D eigenvalue weighted by molar-refractivity contribution is 5.86. The largest absolute Gasteiger partial charge is 0.350 e. The fourth-order valence-corrected chi connectivity index (χ4v) is 3.33. The Labute approximate surface area is 150 Å². The lowest BCUT2D eigenvalue weighted by molar-refractivity contribution is -0.126. The van der Waals surface area contributed by atoms with Crippen molar-refractivity contribution >= 4 is 11.8 Å². The molecule has 1 saturated heterocycles. The Kier molecular flexibility index (Phi) is 6.45. The molecule has 0 bridgehead atoms. The molecule has 1 heterocycles. The normalized spacial score (nSPS) is 18.4. The fourth-order valence-electron chi connectivity index (χ4n) is 3.33. The van der Waals surface area contributed by atoms with Gasteiger partial charge in [0.2, 0.25) is 11.8 Å². The Bertz CT molecular complexity index is 590. The van der Waals surface area contributed by atoms with Crippen LogP contribution < -0.4 is 10.6 Å². The highest BCUT2D eigenvalue weighted by Gasteiger charge is 2.29. The zero-order valence-electron chi connectivity index (χ0n) is 14.9. The van der Waals surface area contributed by atoms with Gasteiger partial charge in [0.1, 0.15) is 0 Å². The van der Waals surface area contributed by atoms with Crippen molar-refractivity contribution in [3.63, 3.8) is 0 Å². The van der Waals surface area contributed by atoms with Crippen LogP contribution in [-0.4, -0.2) is 36.3 Å². The van der Waals surface area contributed by atoms with Crippen LogP contribution >= 0.6 is 0 Å². The molecular weight excluding hydrogens is 314 g/mol. The van der Waals surface area contributed by atoms with Gasteiger partial charge in [0, 0.05) is 19.0 Å². The molecule has 1 aromatic rings. The number of nitrogens with zero attached hydrogens (tertiary/aromatic N) is 1. The summed E-state index contributed by atoms with van der Waals surface area (Å²) in [6.45, 7) is 3.86. The third-order valence-electron chi connectivity index (χ3n) is 5.06. The number of rotatable bonds is 7. The number of hydrogen-bond acceptors (Lipinski definition) is 3. The summed E-state index contributed by atoms with van der Waals surface area (Å²) in [5, 5.41) is 5.64. The SMILES string of the molecule is O=C(CNC(=O)C1CC1)NCc1ccccc1CN1CCCCCC1. The summed E-state index contributed by atoms with van der Waals surface area (Å²) in [4.78, 5) is 26.1. The van der Waals surface area contributed by atoms with Crippen LogP contribution in [0, 0.1) is 5.92 Å². The van der Waals surface area contributed by atoms with E-state index in [1.807, 2.05) is 6.07 Å². The van der Waals surface area contributed by atoms with Gasteiger partial charge < -0.3 is 10.6 Å². The van der Waals surface area contributed by atoms with Gasteiger partial charge in [0.05, 0.1) is 6.54 Å². The van der Waals surface area contributed by atoms with Crippen molar-refractivity contribution < 1.29 is 9.59 Å². The lowest BCUT2D eigenvalue weighted by Gasteiger charge is -2.21. The predicted octanol–water partition coefficient (Wildman–Crippen LogP) is 2.20. The molecule has 1 aromatic carbocycles. The number of carbonyl (C=O) groups excluding carboxylic acids is 2. The van der Waals surface area contributed by atoms with Crippen LogP contribution in [0.4, 0.5) is 0 Å². The van der Waals surface area contributed by atoms with Gasteiger partial charge in [-0.15, -0.1) is 0 Å². The number of hydrogen-bond donors (Lipinski definition) is 2. The molecule has 0 radical (unpaired) electrons. The van der Waals surface area contributed by atoms with E-state index in [-0.39, 0.29) is 24.3 Å². The van der Waals surface area contributed by atoms with Gasteiger partial charge in [-0.05, 0) is 49.9 Å². The molecule has 2 aliphatic rings. The van der Waals surface area contributed by atoms with Crippen LogP contribution in [0.25, 0.3) is 0 Å². The molecule has 2 N–H and O–H groups in total. The molecule has 5 nitrogen and oxygen atoms in total. The first-order valence-corrected chi connectivity index (χ1v) is 9.56. The topological polar surface area (TPSA) is 61.4 Å². The van der Waals surface area contributed by atoms with Crippen molar-refractivity contribution in [2.45, 2.75) is 51.6 Å². The van der Waals surface area contributed by atoms with Crippen molar-refractivity contribution in [3.05, 3.63) is 35.4 Å². The second-order valence-electron chi connectivity index (χ2n) is 7.23. The summed E-state index contributed by atoms with van der Waals surface area (Å²) in [7, 11) is 0. The Morgan fingerprint density at radius 3 is 2.32 bits per heavy atom. The Morgan fingerprint density at radius 2 is 1.64 bits per heavy atom. The quantitative estimate of drug-likeness (QED) is 0.798. The molecule has 0 unspecified atom stereocenters. The molecule has 2 fully saturated rings. The number of nitrogens with one attached hydrogen (secondary N) is 2. The van der Waals surface area contributed by atoms with E-state index in [0.29, 0.717) is 6.54 Å². The Balaban J connectivity index is 1.48. The third-order valence-corrected chi connectivity index (χ3v) is 5.06. The zero-order chi connectivity index (χ0) is 17.5. The van der Waals surface area contributed by atoms with E-state index in [2.05, 4.69) is 33.7 Å². The maximum atomic E-state index is 12.0. The smallest absolute Gasteiger partial charge is 0.239 e. The van der Waals surface area contributed by atoms with E-state index in [1.54, 1.807) is 0 Å². The summed E-state index contributed by atoms with van der Waals surface area (Å²) in [6.07, 6.45) is 7.13. The lowest BCUT2D eigenvalue weighted by Crippen LogP contribution is -2.37. The summed E-state index contributed by atoms with van der Waals surface area (Å²) >= 11 is 0. The number of likely N-dealkylation sites (tertiary alicyclic amines) is 1. The van der Waals surface area contributed by atoms with Crippen LogP contribution in [0.1, 0.15) is 49.7 Å². The van der Waals surface area contributed by atoms with E-state index in [4.69, 9.17) is 0 Å². The summed E-state index contributed by atoms with van der Waals surface area (Å²) in [6, 6.07) is 8.31. The van der Waals surface area contributed by atoms with Crippen LogP contribution in [-0.2, 0) is 22.7 Å². The molecule has 0 aromatic heterocycles. The van der Waals surface area contributed by atoms with Crippen LogP contribution in [0.5, 0.6) is 0 Å². The van der Waals surface area contributed by atoms with Crippen LogP contribution in [0.3, 0.4) is 0 Å². The molecule has 1 saturated carbocycles. The van der Waals surface area contributed by atoms with Gasteiger partial charge in [0.25, 0.3) is 0 Å². The maximum absolute atomic E-state index is 12.0. The van der Waals surface area contributed by atoms with Crippen molar-refractivity contribution in [3.8, 4) is 0 Å². The monoisotopic (exact) mass is 343 g/mol. The molecule has 0 atom stereocenters. The van der Waals surface area contributed by atoms with Gasteiger partial charge in [-0.2, -0.15) is 0 Å². The minimum Gasteiger partial charge on any atom is -0.350 e. The van der Waals surface area contributed by atoms with E-state index < -0.39 is 0 Å². The molecule has 1 aliphatic heterocycles. The van der Waals surface area contributed by atoms with Gasteiger partial charge in [-0.25, -0.2) is 0 Å². The van der Waals surface area contributed by atoms with Gasteiger partial charge in [-0.3, -0.25) is 14.5 Å². The molecule has 1 aliphatic carbocycles. The zero-order valence-corrected chi connectivity index (χ0v) is 14.9. The number of amides is 2. The number of carbonyl (C=O) groups is 2. The Morgan fingerprint density at radius 1 is 0.960 bits per heavy atom. The molecule has 0 spiro atoms. The van der Waals surface area contributed by atoms with E-state index in [9.17, 15) is 9.59 Å². The highest BCUT2D eigenvalue weighted by atomic mass is 16.2. The third kappa shape index (κ3) is 5.85. The average molecular weight is 343 g/mol. The van der Waals surface area contributed by atoms with Crippen molar-refractivity contribution in [1.29, 1.82) is 0 Å². The standard InChI is InChI=1S/C20H29N3O2/c24-19(14-22-20(25)16-9-10-16)21-13-17-7-3-4-8-18(17)15-23-11-5-1-2-6-12-23/h3-4,7-8,16H,1-2,5-6,9-15H2,(H,21,24)(H,22,25). The lowest BCUT2D eigenvalue weighted by atomic mass is 10.1. The van der Waals surface area contributed by atoms with Gasteiger partial charge in [0.15, 0.2) is 0 Å². The van der Waals surface area contributed by atoms with E-state index in [1.165, 1.54) is 31.2 Å². The Hall–Kier alpha value is -1.88. The van der Waals surface area contributed by atoms with Crippen molar-refractivity contribution in [1.82, 2.24) is 15.5 Å². The molecule has 136 valence electrons. The maximum Gasteiger partial charge on any atom is 0.239 e. The second kappa shape index (κ2) is 8.99. The molecule has 2 amide bonds. The first-order valence-electron chi connectivity index (χ1n) is 9.56. The van der Waals surface area contributed by atoms with Gasteiger partial charge in [-0.1, -0.05) is 37.1 Å². The van der Waals surface area contributed by atoms with Crippen LogP contribution in [0.15, 0.2) is 24.3 Å². The average Bonchev–Trinajstić information content (AvgIpc) is 3.46. The van der Waals surface area contributed by atoms with E-state index in [0.717, 1.165) is 38.0 Å². The van der Waals surface area contributed by atoms with Gasteiger partial charge >= 0.3 is 0 Å². The molecule has 5 heteroatoms. The first kappa shape index (κ1) is 17.9. The van der Waals surface area contributed by atoms with Crippen LogP contribution in [0.2, 0.25) is 0 Å². The second-order valence-corrected chi connectivity index (χ2v) is 7.23. The van der Waals surface area contributed by atoms with E-state index >= 15 is 0 Å². The molecular formula is C20H29N3O2. The fraction of sp³-hybridized carbons (Fsp3) is 0.600. The first-order chi connectivity index (χ1) is 12.2. The summed E-state index contributed by atoms with van der Waals surface area (Å²) in [5.74, 6) is 0.0254. The summed E-state index contributed by atoms with van der Waals surface area (Å²) < 4.78 is 0. The van der Waals surface area contributed by atoms with Crippen molar-refractivity contribution in [2.75, 3.05) is 19.6 Å². The van der Waals surface area contributed by atoms with Crippen molar-refractivity contribution in [2.24, 2.45) is 5.92 Å². The molecule has 3 rings (SSSR count). The predicted molar refractivity (Wildman–Crippen MR) is 97.8 cm³/mol. The molecule has 25 heavy (non-hydrogen) atoms. The number of benzene rings is 1. The highest BCUT2D eigenvalue weighted by Crippen LogP contribution is 2.28.